The molecule has 0 bridgehead atoms. The van der Waals surface area contributed by atoms with Gasteiger partial charge in [-0.25, -0.2) is 4.79 Å². The van der Waals surface area contributed by atoms with Crippen LogP contribution in [-0.4, -0.2) is 34.7 Å². The van der Waals surface area contributed by atoms with Gasteiger partial charge in [0.2, 0.25) is 0 Å². The van der Waals surface area contributed by atoms with E-state index < -0.39 is 5.60 Å². The summed E-state index contributed by atoms with van der Waals surface area (Å²) in [4.78, 5) is 13.6. The maximum Gasteiger partial charge on any atom is 0.321 e. The first kappa shape index (κ1) is 13.2. The molecule has 1 aliphatic rings. The van der Waals surface area contributed by atoms with E-state index in [4.69, 9.17) is 11.6 Å². The molecule has 2 amide bonds. The van der Waals surface area contributed by atoms with Gasteiger partial charge >= 0.3 is 6.03 Å². The molecule has 0 radical (unpaired) electrons. The predicted molar refractivity (Wildman–Crippen MR) is 71.8 cm³/mol. The molecule has 1 aromatic carbocycles. The second-order valence-corrected chi connectivity index (χ2v) is 5.57. The van der Waals surface area contributed by atoms with Gasteiger partial charge in [-0.15, -0.1) is 0 Å². The first-order valence-electron chi connectivity index (χ1n) is 5.91. The van der Waals surface area contributed by atoms with Crippen molar-refractivity contribution in [2.24, 2.45) is 5.92 Å². The highest BCUT2D eigenvalue weighted by Crippen LogP contribution is 2.28. The lowest BCUT2D eigenvalue weighted by atomic mass is 9.85. The maximum absolute atomic E-state index is 11.9. The van der Waals surface area contributed by atoms with Crippen molar-refractivity contribution in [3.05, 3.63) is 29.3 Å². The summed E-state index contributed by atoms with van der Waals surface area (Å²) < 4.78 is 0. The van der Waals surface area contributed by atoms with Gasteiger partial charge in [0.1, 0.15) is 0 Å². The number of halogens is 1. The molecule has 2 N–H and O–H groups in total. The first-order chi connectivity index (χ1) is 8.38. The predicted octanol–water partition coefficient (Wildman–Crippen LogP) is 2.57. The fourth-order valence-electron chi connectivity index (χ4n) is 1.85. The number of carbonyl (C=O) groups excluding carboxylic acids is 1. The van der Waals surface area contributed by atoms with E-state index in [1.807, 2.05) is 12.1 Å². The molecule has 1 fully saturated rings. The number of hydrogen-bond donors (Lipinski definition) is 2. The lowest BCUT2D eigenvalue weighted by molar-refractivity contribution is -0.0440. The van der Waals surface area contributed by atoms with Crippen LogP contribution in [0, 0.1) is 5.92 Å². The number of anilines is 1. The van der Waals surface area contributed by atoms with Crippen LogP contribution >= 0.6 is 11.6 Å². The van der Waals surface area contributed by atoms with Crippen molar-refractivity contribution in [2.75, 3.05) is 18.4 Å². The van der Waals surface area contributed by atoms with E-state index in [2.05, 4.69) is 5.32 Å². The lowest BCUT2D eigenvalue weighted by Crippen LogP contribution is -2.58. The van der Waals surface area contributed by atoms with Crippen molar-refractivity contribution < 1.29 is 9.90 Å². The second kappa shape index (κ2) is 4.78. The third-order valence-electron chi connectivity index (χ3n) is 3.28. The molecule has 0 spiro atoms. The number of benzene rings is 1. The van der Waals surface area contributed by atoms with Gasteiger partial charge in [-0.3, -0.25) is 0 Å². The fraction of sp³-hybridized carbons (Fsp3) is 0.462. The summed E-state index contributed by atoms with van der Waals surface area (Å²) in [6.07, 6.45) is 0. The van der Waals surface area contributed by atoms with Gasteiger partial charge in [-0.2, -0.15) is 0 Å². The molecule has 18 heavy (non-hydrogen) atoms. The monoisotopic (exact) mass is 268 g/mol. The number of amides is 2. The molecule has 2 rings (SSSR count). The van der Waals surface area contributed by atoms with Crippen molar-refractivity contribution in [1.29, 1.82) is 0 Å². The Morgan fingerprint density at radius 1 is 1.44 bits per heavy atom. The van der Waals surface area contributed by atoms with Gasteiger partial charge in [0, 0.05) is 19.0 Å². The van der Waals surface area contributed by atoms with E-state index in [1.54, 1.807) is 30.9 Å². The van der Waals surface area contributed by atoms with Gasteiger partial charge in [-0.1, -0.05) is 23.7 Å². The minimum Gasteiger partial charge on any atom is -0.390 e. The van der Waals surface area contributed by atoms with Crippen molar-refractivity contribution in [1.82, 2.24) is 4.90 Å². The molecule has 1 aliphatic heterocycles. The van der Waals surface area contributed by atoms with E-state index >= 15 is 0 Å². The minimum absolute atomic E-state index is 0.134. The van der Waals surface area contributed by atoms with Gasteiger partial charge < -0.3 is 15.3 Å². The molecule has 1 aromatic rings. The average molecular weight is 269 g/mol. The molecule has 0 aromatic heterocycles. The Hall–Kier alpha value is -1.26. The Morgan fingerprint density at radius 2 is 2.06 bits per heavy atom. The molecular weight excluding hydrogens is 252 g/mol. The van der Waals surface area contributed by atoms with E-state index in [9.17, 15) is 9.90 Å². The molecule has 5 heteroatoms. The Morgan fingerprint density at radius 3 is 2.61 bits per heavy atom. The summed E-state index contributed by atoms with van der Waals surface area (Å²) in [7, 11) is 0. The minimum atomic E-state index is -0.735. The van der Waals surface area contributed by atoms with Crippen molar-refractivity contribution in [3.63, 3.8) is 0 Å². The third kappa shape index (κ3) is 2.76. The molecular formula is C13H17ClN2O2. The smallest absolute Gasteiger partial charge is 0.321 e. The zero-order valence-corrected chi connectivity index (χ0v) is 11.2. The summed E-state index contributed by atoms with van der Waals surface area (Å²) >= 11 is 5.96. The lowest BCUT2D eigenvalue weighted by Gasteiger charge is -2.44. The normalized spacial score (nSPS) is 16.3. The van der Waals surface area contributed by atoms with Gasteiger partial charge in [0.05, 0.1) is 16.3 Å². The van der Waals surface area contributed by atoms with Crippen molar-refractivity contribution >= 4 is 23.3 Å². The van der Waals surface area contributed by atoms with Crippen LogP contribution in [0.5, 0.6) is 0 Å². The van der Waals surface area contributed by atoms with Gasteiger partial charge in [0.25, 0.3) is 0 Å². The molecule has 4 nitrogen and oxygen atoms in total. The molecule has 0 unspecified atom stereocenters. The van der Waals surface area contributed by atoms with Crippen LogP contribution < -0.4 is 5.32 Å². The van der Waals surface area contributed by atoms with Crippen LogP contribution in [0.2, 0.25) is 5.02 Å². The average Bonchev–Trinajstić information content (AvgIpc) is 2.16. The quantitative estimate of drug-likeness (QED) is 0.866. The summed E-state index contributed by atoms with van der Waals surface area (Å²) in [5, 5.41) is 13.1. The fourth-order valence-corrected chi connectivity index (χ4v) is 2.03. The summed E-state index contributed by atoms with van der Waals surface area (Å²) in [6, 6.07) is 6.94. The number of para-hydroxylation sites is 1. The van der Waals surface area contributed by atoms with Crippen LogP contribution in [0.15, 0.2) is 24.3 Å². The third-order valence-corrected chi connectivity index (χ3v) is 3.61. The Balaban J connectivity index is 1.90. The number of urea groups is 1. The highest BCUT2D eigenvalue weighted by molar-refractivity contribution is 6.33. The highest BCUT2D eigenvalue weighted by atomic mass is 35.5. The number of rotatable bonds is 2. The standard InChI is InChI=1S/C13H17ClN2O2/c1-13(2,18)9-7-16(8-9)12(17)15-11-6-4-3-5-10(11)14/h3-6,9,18H,7-8H2,1-2H3,(H,15,17). The van der Waals surface area contributed by atoms with Gasteiger partial charge in [0.15, 0.2) is 0 Å². The molecule has 0 saturated carbocycles. The number of hydrogen-bond acceptors (Lipinski definition) is 2. The highest BCUT2D eigenvalue weighted by Gasteiger charge is 2.39. The summed E-state index contributed by atoms with van der Waals surface area (Å²) in [5.41, 5.74) is -0.128. The molecule has 98 valence electrons. The second-order valence-electron chi connectivity index (χ2n) is 5.17. The first-order valence-corrected chi connectivity index (χ1v) is 6.28. The van der Waals surface area contributed by atoms with Crippen LogP contribution in [0.4, 0.5) is 10.5 Å². The molecule has 0 aliphatic carbocycles. The Kier molecular flexibility index (Phi) is 3.50. The molecule has 1 heterocycles. The number of likely N-dealkylation sites (tertiary alicyclic amines) is 1. The maximum atomic E-state index is 11.9. The summed E-state index contributed by atoms with van der Waals surface area (Å²) in [6.45, 7) is 4.67. The van der Waals surface area contributed by atoms with Crippen LogP contribution in [0.1, 0.15) is 13.8 Å². The van der Waals surface area contributed by atoms with E-state index in [1.165, 1.54) is 0 Å². The van der Waals surface area contributed by atoms with E-state index in [-0.39, 0.29) is 11.9 Å². The van der Waals surface area contributed by atoms with Gasteiger partial charge in [-0.05, 0) is 26.0 Å². The number of carbonyl (C=O) groups is 1. The largest absolute Gasteiger partial charge is 0.390 e. The van der Waals surface area contributed by atoms with Crippen molar-refractivity contribution in [2.45, 2.75) is 19.4 Å². The Labute approximate surface area is 112 Å². The van der Waals surface area contributed by atoms with Crippen molar-refractivity contribution in [3.8, 4) is 0 Å². The molecule has 1 saturated heterocycles. The number of nitrogens with one attached hydrogen (secondary N) is 1. The summed E-state index contributed by atoms with van der Waals surface area (Å²) in [5.74, 6) is 0.134. The van der Waals surface area contributed by atoms with Crippen LogP contribution in [-0.2, 0) is 0 Å². The number of aliphatic hydroxyl groups is 1. The topological polar surface area (TPSA) is 52.6 Å². The number of nitrogens with zero attached hydrogens (tertiary/aromatic N) is 1. The SMILES string of the molecule is CC(C)(O)C1CN(C(=O)Nc2ccccc2Cl)C1. The zero-order valence-electron chi connectivity index (χ0n) is 10.5. The van der Waals surface area contributed by atoms with E-state index in [0.717, 1.165) is 0 Å². The van der Waals surface area contributed by atoms with Crippen LogP contribution in [0.3, 0.4) is 0 Å². The van der Waals surface area contributed by atoms with E-state index in [0.29, 0.717) is 23.8 Å². The van der Waals surface area contributed by atoms with Crippen LogP contribution in [0.25, 0.3) is 0 Å². The molecule has 0 atom stereocenters. The Bertz CT molecular complexity index is 451. The zero-order chi connectivity index (χ0) is 13.3.